The lowest BCUT2D eigenvalue weighted by atomic mass is 10.1. The molecule has 0 fully saturated rings. The van der Waals surface area contributed by atoms with Gasteiger partial charge in [0, 0.05) is 18.7 Å². The number of aromatic amines is 1. The number of nitrogens with one attached hydrogen (secondary N) is 1. The largest absolute Gasteiger partial charge is 0.486 e. The van der Waals surface area contributed by atoms with E-state index in [1.165, 1.54) is 16.9 Å². The first-order valence-electron chi connectivity index (χ1n) is 8.13. The Balaban J connectivity index is 1.55. The summed E-state index contributed by atoms with van der Waals surface area (Å²) in [6.45, 7) is 3.79. The maximum absolute atomic E-state index is 12.0. The fourth-order valence-electron chi connectivity index (χ4n) is 2.92. The number of H-pyrrole nitrogens is 1. The summed E-state index contributed by atoms with van der Waals surface area (Å²) in [4.78, 5) is 22.6. The van der Waals surface area contributed by atoms with Crippen LogP contribution in [0, 0.1) is 0 Å². The second kappa shape index (κ2) is 6.21. The van der Waals surface area contributed by atoms with E-state index in [2.05, 4.69) is 26.9 Å². The van der Waals surface area contributed by atoms with Crippen LogP contribution in [0.5, 0.6) is 11.5 Å². The molecule has 1 aliphatic heterocycles. The number of aromatic nitrogens is 4. The fourth-order valence-corrected chi connectivity index (χ4v) is 2.92. The van der Waals surface area contributed by atoms with Crippen LogP contribution in [-0.2, 0) is 6.54 Å². The molecule has 0 saturated carbocycles. The molecule has 8 heteroatoms. The van der Waals surface area contributed by atoms with Crippen LogP contribution in [0.2, 0.25) is 0 Å². The van der Waals surface area contributed by atoms with Crippen LogP contribution in [0.3, 0.4) is 0 Å². The van der Waals surface area contributed by atoms with Crippen LogP contribution in [0.15, 0.2) is 35.4 Å². The summed E-state index contributed by atoms with van der Waals surface area (Å²) in [5, 5.41) is 2.74. The van der Waals surface area contributed by atoms with Crippen LogP contribution in [0.1, 0.15) is 24.2 Å². The Morgan fingerprint density at radius 1 is 1.28 bits per heavy atom. The molecule has 0 aliphatic carbocycles. The van der Waals surface area contributed by atoms with E-state index >= 15 is 0 Å². The molecule has 1 unspecified atom stereocenters. The molecule has 130 valence electrons. The highest BCUT2D eigenvalue weighted by Gasteiger charge is 2.18. The SMILES string of the molecule is CC(c1ccc2c(c1)OCCO2)N(C)Cc1cc(=O)n2[nH]cnc2n1. The van der Waals surface area contributed by atoms with Gasteiger partial charge in [-0.15, -0.1) is 0 Å². The van der Waals surface area contributed by atoms with Gasteiger partial charge in [0.15, 0.2) is 11.5 Å². The summed E-state index contributed by atoms with van der Waals surface area (Å²) in [6, 6.07) is 7.63. The molecule has 3 heterocycles. The van der Waals surface area contributed by atoms with Crippen LogP contribution < -0.4 is 15.0 Å². The van der Waals surface area contributed by atoms with Crippen molar-refractivity contribution < 1.29 is 9.47 Å². The second-order valence-electron chi connectivity index (χ2n) is 6.10. The monoisotopic (exact) mass is 341 g/mol. The smallest absolute Gasteiger partial charge is 0.274 e. The van der Waals surface area contributed by atoms with Crippen molar-refractivity contribution in [3.8, 4) is 11.5 Å². The van der Waals surface area contributed by atoms with Gasteiger partial charge in [-0.25, -0.2) is 9.97 Å². The lowest BCUT2D eigenvalue weighted by molar-refractivity contribution is 0.170. The molecule has 4 rings (SSSR count). The van der Waals surface area contributed by atoms with Gasteiger partial charge in [-0.2, -0.15) is 4.52 Å². The lowest BCUT2D eigenvalue weighted by Crippen LogP contribution is -2.25. The summed E-state index contributed by atoms with van der Waals surface area (Å²) < 4.78 is 12.5. The zero-order valence-corrected chi connectivity index (χ0v) is 14.1. The number of fused-ring (bicyclic) bond motifs is 2. The first-order valence-corrected chi connectivity index (χ1v) is 8.13. The molecule has 1 aliphatic rings. The van der Waals surface area contributed by atoms with Gasteiger partial charge in [-0.05, 0) is 31.7 Å². The van der Waals surface area contributed by atoms with Crippen molar-refractivity contribution in [2.45, 2.75) is 19.5 Å². The van der Waals surface area contributed by atoms with Gasteiger partial charge in [0.25, 0.3) is 11.3 Å². The highest BCUT2D eigenvalue weighted by molar-refractivity contribution is 5.44. The van der Waals surface area contributed by atoms with Gasteiger partial charge in [0.05, 0.1) is 5.69 Å². The molecule has 1 atom stereocenters. The van der Waals surface area contributed by atoms with E-state index in [-0.39, 0.29) is 11.6 Å². The van der Waals surface area contributed by atoms with E-state index < -0.39 is 0 Å². The Labute approximate surface area is 144 Å². The molecule has 0 amide bonds. The Bertz CT molecular complexity index is 964. The zero-order valence-electron chi connectivity index (χ0n) is 14.1. The Morgan fingerprint density at radius 3 is 2.92 bits per heavy atom. The molecule has 1 N–H and O–H groups in total. The maximum Gasteiger partial charge on any atom is 0.274 e. The van der Waals surface area contributed by atoms with Crippen LogP contribution >= 0.6 is 0 Å². The van der Waals surface area contributed by atoms with E-state index in [9.17, 15) is 4.79 Å². The summed E-state index contributed by atoms with van der Waals surface area (Å²) in [5.41, 5.74) is 1.63. The van der Waals surface area contributed by atoms with E-state index in [1.807, 2.05) is 25.2 Å². The van der Waals surface area contributed by atoms with Crippen molar-refractivity contribution in [2.24, 2.45) is 0 Å². The highest BCUT2D eigenvalue weighted by atomic mass is 16.6. The molecule has 0 saturated heterocycles. The first kappa shape index (κ1) is 15.6. The standard InChI is InChI=1S/C17H19N5O3/c1-11(12-3-4-14-15(7-12)25-6-5-24-14)21(2)9-13-8-16(23)22-17(20-13)18-10-19-22/h3-4,7-8,10-11H,5-6,9H2,1-2H3,(H,18,19,20). The van der Waals surface area contributed by atoms with E-state index in [0.29, 0.717) is 31.2 Å². The summed E-state index contributed by atoms with van der Waals surface area (Å²) in [5.74, 6) is 1.93. The number of hydrogen-bond acceptors (Lipinski definition) is 6. The average molecular weight is 341 g/mol. The quantitative estimate of drug-likeness (QED) is 0.772. The Morgan fingerprint density at radius 2 is 2.08 bits per heavy atom. The first-order chi connectivity index (χ1) is 12.1. The molecule has 25 heavy (non-hydrogen) atoms. The third-order valence-electron chi connectivity index (χ3n) is 4.44. The van der Waals surface area contributed by atoms with E-state index in [1.54, 1.807) is 0 Å². The average Bonchev–Trinajstić information content (AvgIpc) is 3.09. The van der Waals surface area contributed by atoms with Gasteiger partial charge in [-0.3, -0.25) is 14.8 Å². The molecule has 0 bridgehead atoms. The van der Waals surface area contributed by atoms with E-state index in [0.717, 1.165) is 17.1 Å². The molecule has 3 aromatic rings. The summed E-state index contributed by atoms with van der Waals surface area (Å²) >= 11 is 0. The molecule has 1 aromatic carbocycles. The van der Waals surface area contributed by atoms with Crippen LogP contribution in [-0.4, -0.2) is 44.7 Å². The molecular formula is C17H19N5O3. The molecule has 2 aromatic heterocycles. The zero-order chi connectivity index (χ0) is 17.4. The second-order valence-corrected chi connectivity index (χ2v) is 6.10. The summed E-state index contributed by atoms with van der Waals surface area (Å²) in [6.07, 6.45) is 1.45. The predicted octanol–water partition coefficient (Wildman–Crippen LogP) is 1.38. The number of ether oxygens (including phenoxy) is 2. The van der Waals surface area contributed by atoms with Crippen molar-refractivity contribution in [1.82, 2.24) is 24.5 Å². The predicted molar refractivity (Wildman–Crippen MR) is 90.9 cm³/mol. The van der Waals surface area contributed by atoms with Crippen molar-refractivity contribution in [3.05, 3.63) is 52.2 Å². The normalized spacial score (nSPS) is 14.8. The number of benzene rings is 1. The molecule has 0 radical (unpaired) electrons. The Kier molecular flexibility index (Phi) is 3.89. The van der Waals surface area contributed by atoms with Gasteiger partial charge in [0.1, 0.15) is 19.5 Å². The van der Waals surface area contributed by atoms with Crippen molar-refractivity contribution in [3.63, 3.8) is 0 Å². The van der Waals surface area contributed by atoms with Crippen molar-refractivity contribution >= 4 is 5.78 Å². The van der Waals surface area contributed by atoms with Crippen molar-refractivity contribution in [1.29, 1.82) is 0 Å². The highest BCUT2D eigenvalue weighted by Crippen LogP contribution is 2.33. The van der Waals surface area contributed by atoms with Gasteiger partial charge >= 0.3 is 0 Å². The minimum atomic E-state index is -0.169. The number of rotatable bonds is 4. The number of nitrogens with zero attached hydrogens (tertiary/aromatic N) is 4. The fraction of sp³-hybridized carbons (Fsp3) is 0.353. The Hall–Kier alpha value is -2.87. The molecule has 0 spiro atoms. The third-order valence-corrected chi connectivity index (χ3v) is 4.44. The van der Waals surface area contributed by atoms with Gasteiger partial charge < -0.3 is 9.47 Å². The maximum atomic E-state index is 12.0. The van der Waals surface area contributed by atoms with Gasteiger partial charge in [-0.1, -0.05) is 6.07 Å². The van der Waals surface area contributed by atoms with Crippen LogP contribution in [0.25, 0.3) is 5.78 Å². The van der Waals surface area contributed by atoms with Gasteiger partial charge in [0.2, 0.25) is 0 Å². The molecule has 8 nitrogen and oxygen atoms in total. The van der Waals surface area contributed by atoms with Crippen molar-refractivity contribution in [2.75, 3.05) is 20.3 Å². The lowest BCUT2D eigenvalue weighted by Gasteiger charge is -2.26. The number of hydrogen-bond donors (Lipinski definition) is 1. The van der Waals surface area contributed by atoms with Crippen LogP contribution in [0.4, 0.5) is 0 Å². The minimum absolute atomic E-state index is 0.121. The summed E-state index contributed by atoms with van der Waals surface area (Å²) in [7, 11) is 2.00. The third kappa shape index (κ3) is 2.96. The van der Waals surface area contributed by atoms with E-state index in [4.69, 9.17) is 9.47 Å². The topological polar surface area (TPSA) is 84.8 Å². The minimum Gasteiger partial charge on any atom is -0.486 e. The molecular weight excluding hydrogens is 322 g/mol.